The van der Waals surface area contributed by atoms with E-state index >= 15 is 0 Å². The maximum Gasteiger partial charge on any atom is 0.343 e. The van der Waals surface area contributed by atoms with Crippen molar-refractivity contribution in [3.8, 4) is 0 Å². The highest BCUT2D eigenvalue weighted by Gasteiger charge is 2.19. The van der Waals surface area contributed by atoms with Gasteiger partial charge in [-0.3, -0.25) is 4.79 Å². The van der Waals surface area contributed by atoms with Gasteiger partial charge in [-0.15, -0.1) is 0 Å². The van der Waals surface area contributed by atoms with E-state index < -0.39 is 17.2 Å². The number of aromatic nitrogens is 1. The van der Waals surface area contributed by atoms with Gasteiger partial charge in [0.25, 0.3) is 0 Å². The van der Waals surface area contributed by atoms with Gasteiger partial charge in [-0.1, -0.05) is 24.3 Å². The molecule has 29 heavy (non-hydrogen) atoms. The molecule has 0 atom stereocenters. The molecule has 0 aliphatic carbocycles. The van der Waals surface area contributed by atoms with Gasteiger partial charge in [-0.05, 0) is 53.6 Å². The van der Waals surface area contributed by atoms with Crippen molar-refractivity contribution in [3.05, 3.63) is 93.8 Å². The lowest BCUT2D eigenvalue weighted by Crippen LogP contribution is -2.22. The van der Waals surface area contributed by atoms with Gasteiger partial charge in [-0.2, -0.15) is 0 Å². The minimum atomic E-state index is -0.787. The van der Waals surface area contributed by atoms with Crippen LogP contribution in [0, 0.1) is 11.6 Å². The highest BCUT2D eigenvalue weighted by molar-refractivity contribution is 5.94. The van der Waals surface area contributed by atoms with Gasteiger partial charge in [0, 0.05) is 12.7 Å². The Bertz CT molecular complexity index is 1310. The molecular weight excluding hydrogens is 376 g/mol. The van der Waals surface area contributed by atoms with Crippen LogP contribution >= 0.6 is 0 Å². The standard InChI is InChI=1S/C23H17F2NO3/c1-2-29-23(28)18-13-26(20-5-3-4-19(25)21(20)22(18)27)12-14-6-7-16-11-17(24)9-8-15(16)10-14/h3-11,13H,2,12H2,1H3. The molecule has 0 fully saturated rings. The predicted molar refractivity (Wildman–Crippen MR) is 107 cm³/mol. The number of ether oxygens (including phenoxy) is 1. The topological polar surface area (TPSA) is 48.3 Å². The van der Waals surface area contributed by atoms with Crippen molar-refractivity contribution in [3.63, 3.8) is 0 Å². The van der Waals surface area contributed by atoms with Crippen LogP contribution in [0.5, 0.6) is 0 Å². The first-order chi connectivity index (χ1) is 14.0. The number of hydrogen-bond donors (Lipinski definition) is 0. The molecule has 0 N–H and O–H groups in total. The Morgan fingerprint density at radius 2 is 1.79 bits per heavy atom. The minimum absolute atomic E-state index is 0.106. The van der Waals surface area contributed by atoms with Crippen LogP contribution in [0.15, 0.2) is 65.6 Å². The molecule has 4 rings (SSSR count). The second-order valence-corrected chi connectivity index (χ2v) is 6.68. The zero-order valence-electron chi connectivity index (χ0n) is 15.6. The van der Waals surface area contributed by atoms with Crippen LogP contribution in [0.25, 0.3) is 21.7 Å². The number of esters is 1. The number of carbonyl (C=O) groups is 1. The van der Waals surface area contributed by atoms with E-state index in [2.05, 4.69) is 0 Å². The molecule has 3 aromatic carbocycles. The third kappa shape index (κ3) is 3.49. The predicted octanol–water partition coefficient (Wildman–Crippen LogP) is 4.66. The summed E-state index contributed by atoms with van der Waals surface area (Å²) in [5.41, 5.74) is 0.324. The van der Waals surface area contributed by atoms with E-state index in [0.717, 1.165) is 16.3 Å². The van der Waals surface area contributed by atoms with Crippen molar-refractivity contribution in [2.75, 3.05) is 6.61 Å². The van der Waals surface area contributed by atoms with E-state index in [0.29, 0.717) is 12.1 Å². The van der Waals surface area contributed by atoms with E-state index in [1.807, 2.05) is 12.1 Å². The molecule has 0 aliphatic rings. The van der Waals surface area contributed by atoms with Gasteiger partial charge in [-0.25, -0.2) is 13.6 Å². The molecule has 1 heterocycles. The largest absolute Gasteiger partial charge is 0.462 e. The lowest BCUT2D eigenvalue weighted by Gasteiger charge is -2.14. The van der Waals surface area contributed by atoms with Gasteiger partial charge in [0.05, 0.1) is 17.5 Å². The first-order valence-corrected chi connectivity index (χ1v) is 9.15. The maximum atomic E-state index is 14.4. The number of halogens is 2. The van der Waals surface area contributed by atoms with Gasteiger partial charge < -0.3 is 9.30 Å². The zero-order valence-corrected chi connectivity index (χ0v) is 15.6. The van der Waals surface area contributed by atoms with Crippen LogP contribution in [0.4, 0.5) is 8.78 Å². The summed E-state index contributed by atoms with van der Waals surface area (Å²) in [5.74, 6) is -1.79. The normalized spacial score (nSPS) is 11.1. The number of hydrogen-bond acceptors (Lipinski definition) is 3. The Labute approximate surface area is 165 Å². The van der Waals surface area contributed by atoms with Gasteiger partial charge >= 0.3 is 5.97 Å². The Hall–Kier alpha value is -3.54. The number of benzene rings is 3. The second kappa shape index (κ2) is 7.47. The first-order valence-electron chi connectivity index (χ1n) is 9.15. The third-order valence-corrected chi connectivity index (χ3v) is 4.77. The molecule has 1 aromatic heterocycles. The van der Waals surface area contributed by atoms with E-state index in [4.69, 9.17) is 4.74 Å². The molecule has 6 heteroatoms. The molecule has 4 aromatic rings. The summed E-state index contributed by atoms with van der Waals surface area (Å²) in [6.45, 7) is 2.03. The van der Waals surface area contributed by atoms with E-state index in [1.54, 1.807) is 29.7 Å². The number of fused-ring (bicyclic) bond motifs is 2. The molecule has 0 saturated carbocycles. The average Bonchev–Trinajstić information content (AvgIpc) is 2.70. The van der Waals surface area contributed by atoms with E-state index in [9.17, 15) is 18.4 Å². The fraction of sp³-hybridized carbons (Fsp3) is 0.130. The maximum absolute atomic E-state index is 14.4. The van der Waals surface area contributed by atoms with Crippen molar-refractivity contribution in [2.24, 2.45) is 0 Å². The van der Waals surface area contributed by atoms with Crippen LogP contribution in [0.1, 0.15) is 22.8 Å². The van der Waals surface area contributed by atoms with E-state index in [-0.39, 0.29) is 23.4 Å². The molecule has 4 nitrogen and oxygen atoms in total. The Morgan fingerprint density at radius 3 is 2.59 bits per heavy atom. The molecule has 0 radical (unpaired) electrons. The molecule has 0 amide bonds. The van der Waals surface area contributed by atoms with E-state index in [1.165, 1.54) is 30.5 Å². The van der Waals surface area contributed by atoms with Crippen molar-refractivity contribution in [1.82, 2.24) is 4.57 Å². The lowest BCUT2D eigenvalue weighted by atomic mass is 10.1. The number of nitrogens with zero attached hydrogens (tertiary/aromatic N) is 1. The number of carbonyl (C=O) groups excluding carboxylic acids is 1. The van der Waals surface area contributed by atoms with Crippen LogP contribution in [0.3, 0.4) is 0 Å². The molecule has 0 aliphatic heterocycles. The summed E-state index contributed by atoms with van der Waals surface area (Å²) in [5, 5.41) is 1.46. The minimum Gasteiger partial charge on any atom is -0.462 e. The third-order valence-electron chi connectivity index (χ3n) is 4.77. The van der Waals surface area contributed by atoms with Crippen molar-refractivity contribution in [1.29, 1.82) is 0 Å². The summed E-state index contributed by atoms with van der Waals surface area (Å²) < 4.78 is 34.5. The fourth-order valence-electron chi connectivity index (χ4n) is 3.44. The lowest BCUT2D eigenvalue weighted by molar-refractivity contribution is 0.0524. The number of rotatable bonds is 4. The van der Waals surface area contributed by atoms with Crippen LogP contribution in [-0.4, -0.2) is 17.1 Å². The van der Waals surface area contributed by atoms with Gasteiger partial charge in [0.2, 0.25) is 5.43 Å². The summed E-state index contributed by atoms with van der Waals surface area (Å²) in [6.07, 6.45) is 1.40. The first kappa shape index (κ1) is 18.8. The summed E-state index contributed by atoms with van der Waals surface area (Å²) in [6, 6.07) is 14.4. The monoisotopic (exact) mass is 393 g/mol. The summed E-state index contributed by atoms with van der Waals surface area (Å²) in [4.78, 5) is 24.9. The molecule has 0 unspecified atom stereocenters. The van der Waals surface area contributed by atoms with Gasteiger partial charge in [0.15, 0.2) is 0 Å². The van der Waals surface area contributed by atoms with Crippen molar-refractivity contribution < 1.29 is 18.3 Å². The average molecular weight is 393 g/mol. The Balaban J connectivity index is 1.87. The van der Waals surface area contributed by atoms with Crippen LogP contribution in [0.2, 0.25) is 0 Å². The van der Waals surface area contributed by atoms with Gasteiger partial charge in [0.1, 0.15) is 17.2 Å². The Morgan fingerprint density at radius 1 is 1.03 bits per heavy atom. The second-order valence-electron chi connectivity index (χ2n) is 6.68. The highest BCUT2D eigenvalue weighted by Crippen LogP contribution is 2.21. The number of pyridine rings is 1. The molecule has 0 saturated heterocycles. The molecule has 146 valence electrons. The summed E-state index contributed by atoms with van der Waals surface area (Å²) in [7, 11) is 0. The van der Waals surface area contributed by atoms with Crippen LogP contribution < -0.4 is 5.43 Å². The van der Waals surface area contributed by atoms with Crippen molar-refractivity contribution in [2.45, 2.75) is 13.5 Å². The van der Waals surface area contributed by atoms with Crippen LogP contribution in [-0.2, 0) is 11.3 Å². The summed E-state index contributed by atoms with van der Waals surface area (Å²) >= 11 is 0. The smallest absolute Gasteiger partial charge is 0.343 e. The fourth-order valence-corrected chi connectivity index (χ4v) is 3.44. The zero-order chi connectivity index (χ0) is 20.5. The van der Waals surface area contributed by atoms with Crippen molar-refractivity contribution >= 4 is 27.6 Å². The Kier molecular flexibility index (Phi) is 4.84. The molecule has 0 bridgehead atoms. The SMILES string of the molecule is CCOC(=O)c1cn(Cc2ccc3cc(F)ccc3c2)c2cccc(F)c2c1=O. The quantitative estimate of drug-likeness (QED) is 0.474. The highest BCUT2D eigenvalue weighted by atomic mass is 19.1. The molecular formula is C23H17F2NO3. The molecule has 0 spiro atoms.